The molecule has 6 heteroatoms. The lowest BCUT2D eigenvalue weighted by molar-refractivity contribution is 0.0948. The maximum atomic E-state index is 13.0. The maximum Gasteiger partial charge on any atom is 0.274 e. The molecule has 0 fully saturated rings. The van der Waals surface area contributed by atoms with Gasteiger partial charge in [0.2, 0.25) is 0 Å². The first-order chi connectivity index (χ1) is 13.6. The average Bonchev–Trinajstić information content (AvgIpc) is 2.71. The standard InChI is InChI=1S/C22H24FN3O2/c1-2-3-6-15-26-22(28)19-8-5-4-7-18(19)20(25-26)21(27)24-14-13-16-9-11-17(23)12-10-16/h4-5,7-12H,2-3,6,13-15H2,1H3,(H,24,27). The van der Waals surface area contributed by atoms with Crippen LogP contribution in [0, 0.1) is 5.82 Å². The first-order valence-corrected chi connectivity index (χ1v) is 9.62. The number of nitrogens with zero attached hydrogens (tertiary/aromatic N) is 2. The van der Waals surface area contributed by atoms with Gasteiger partial charge >= 0.3 is 0 Å². The molecule has 0 atom stereocenters. The number of carbonyl (C=O) groups is 1. The third-order valence-corrected chi connectivity index (χ3v) is 4.67. The number of fused-ring (bicyclic) bond motifs is 1. The quantitative estimate of drug-likeness (QED) is 0.605. The molecule has 28 heavy (non-hydrogen) atoms. The minimum atomic E-state index is -0.317. The van der Waals surface area contributed by atoms with Crippen LogP contribution in [-0.2, 0) is 13.0 Å². The SMILES string of the molecule is CCCCCn1nc(C(=O)NCCc2ccc(F)cc2)c2ccccc2c1=O. The second kappa shape index (κ2) is 9.26. The van der Waals surface area contributed by atoms with Crippen molar-refractivity contribution >= 4 is 16.7 Å². The molecule has 0 saturated heterocycles. The number of aromatic nitrogens is 2. The summed E-state index contributed by atoms with van der Waals surface area (Å²) in [6, 6.07) is 13.2. The lowest BCUT2D eigenvalue weighted by atomic mass is 10.1. The van der Waals surface area contributed by atoms with Gasteiger partial charge in [-0.2, -0.15) is 5.10 Å². The van der Waals surface area contributed by atoms with Crippen molar-refractivity contribution in [3.63, 3.8) is 0 Å². The number of nitrogens with one attached hydrogen (secondary N) is 1. The van der Waals surface area contributed by atoms with Gasteiger partial charge < -0.3 is 5.32 Å². The number of hydrogen-bond donors (Lipinski definition) is 1. The van der Waals surface area contributed by atoms with Crippen LogP contribution in [0.4, 0.5) is 4.39 Å². The highest BCUT2D eigenvalue weighted by Crippen LogP contribution is 2.13. The van der Waals surface area contributed by atoms with E-state index in [0.29, 0.717) is 30.3 Å². The van der Waals surface area contributed by atoms with Crippen LogP contribution in [0.15, 0.2) is 53.3 Å². The van der Waals surface area contributed by atoms with E-state index in [9.17, 15) is 14.0 Å². The number of rotatable bonds is 8. The number of carbonyl (C=O) groups excluding carboxylic acids is 1. The van der Waals surface area contributed by atoms with E-state index in [1.807, 2.05) is 0 Å². The number of amides is 1. The van der Waals surface area contributed by atoms with Crippen LogP contribution in [0.3, 0.4) is 0 Å². The highest BCUT2D eigenvalue weighted by molar-refractivity contribution is 6.04. The van der Waals surface area contributed by atoms with Crippen LogP contribution in [0.5, 0.6) is 0 Å². The fourth-order valence-corrected chi connectivity index (χ4v) is 3.12. The van der Waals surface area contributed by atoms with Gasteiger partial charge in [-0.3, -0.25) is 9.59 Å². The minimum absolute atomic E-state index is 0.172. The Labute approximate surface area is 163 Å². The lowest BCUT2D eigenvalue weighted by Gasteiger charge is -2.11. The smallest absolute Gasteiger partial charge is 0.274 e. The van der Waals surface area contributed by atoms with Crippen LogP contribution in [-0.4, -0.2) is 22.2 Å². The molecular formula is C22H24FN3O2. The molecule has 3 aromatic rings. The molecule has 0 aliphatic carbocycles. The molecule has 3 rings (SSSR count). The van der Waals surface area contributed by atoms with Crippen molar-refractivity contribution in [2.75, 3.05) is 6.54 Å². The number of halogens is 1. The molecular weight excluding hydrogens is 357 g/mol. The first-order valence-electron chi connectivity index (χ1n) is 9.62. The van der Waals surface area contributed by atoms with Crippen molar-refractivity contribution in [1.82, 2.24) is 15.1 Å². The summed E-state index contributed by atoms with van der Waals surface area (Å²) in [6.07, 6.45) is 3.46. The largest absolute Gasteiger partial charge is 0.350 e. The van der Waals surface area contributed by atoms with Crippen molar-refractivity contribution in [1.29, 1.82) is 0 Å². The number of unbranched alkanes of at least 4 members (excludes halogenated alkanes) is 2. The second-order valence-corrected chi connectivity index (χ2v) is 6.76. The molecule has 5 nitrogen and oxygen atoms in total. The Kier molecular flexibility index (Phi) is 6.53. The van der Waals surface area contributed by atoms with Crippen molar-refractivity contribution < 1.29 is 9.18 Å². The van der Waals surface area contributed by atoms with Crippen LogP contribution >= 0.6 is 0 Å². The van der Waals surface area contributed by atoms with E-state index in [1.165, 1.54) is 16.8 Å². The molecule has 0 bridgehead atoms. The van der Waals surface area contributed by atoms with E-state index in [1.54, 1.807) is 36.4 Å². The van der Waals surface area contributed by atoms with E-state index in [-0.39, 0.29) is 23.0 Å². The van der Waals surface area contributed by atoms with Gasteiger partial charge in [-0.05, 0) is 36.6 Å². The molecule has 0 saturated carbocycles. The Morgan fingerprint density at radius 1 is 1.07 bits per heavy atom. The minimum Gasteiger partial charge on any atom is -0.350 e. The fraction of sp³-hybridized carbons (Fsp3) is 0.318. The molecule has 146 valence electrons. The topological polar surface area (TPSA) is 64.0 Å². The Balaban J connectivity index is 1.79. The highest BCUT2D eigenvalue weighted by Gasteiger charge is 2.16. The van der Waals surface area contributed by atoms with Gasteiger partial charge in [0.05, 0.1) is 5.39 Å². The second-order valence-electron chi connectivity index (χ2n) is 6.76. The summed E-state index contributed by atoms with van der Waals surface area (Å²) >= 11 is 0. The van der Waals surface area contributed by atoms with Crippen LogP contribution in [0.2, 0.25) is 0 Å². The predicted octanol–water partition coefficient (Wildman–Crippen LogP) is 3.70. The predicted molar refractivity (Wildman–Crippen MR) is 108 cm³/mol. The Morgan fingerprint density at radius 2 is 1.79 bits per heavy atom. The van der Waals surface area contributed by atoms with E-state index in [4.69, 9.17) is 0 Å². The summed E-state index contributed by atoms with van der Waals surface area (Å²) in [5, 5.41) is 8.26. The summed E-state index contributed by atoms with van der Waals surface area (Å²) in [5.74, 6) is -0.601. The van der Waals surface area contributed by atoms with E-state index < -0.39 is 0 Å². The van der Waals surface area contributed by atoms with E-state index in [0.717, 1.165) is 24.8 Å². The fourth-order valence-electron chi connectivity index (χ4n) is 3.12. The lowest BCUT2D eigenvalue weighted by Crippen LogP contribution is -2.31. The Hall–Kier alpha value is -3.02. The van der Waals surface area contributed by atoms with Gasteiger partial charge in [-0.1, -0.05) is 50.1 Å². The first kappa shape index (κ1) is 19.7. The Morgan fingerprint density at radius 3 is 2.50 bits per heavy atom. The summed E-state index contributed by atoms with van der Waals surface area (Å²) < 4.78 is 14.4. The van der Waals surface area contributed by atoms with Gasteiger partial charge in [0.1, 0.15) is 5.82 Å². The zero-order valence-electron chi connectivity index (χ0n) is 16.0. The third kappa shape index (κ3) is 4.63. The van der Waals surface area contributed by atoms with Gasteiger partial charge in [-0.15, -0.1) is 0 Å². The maximum absolute atomic E-state index is 13.0. The molecule has 1 amide bonds. The number of benzene rings is 2. The molecule has 0 spiro atoms. The van der Waals surface area contributed by atoms with Crippen molar-refractivity contribution in [3.8, 4) is 0 Å². The van der Waals surface area contributed by atoms with Crippen molar-refractivity contribution in [3.05, 3.63) is 76.0 Å². The zero-order valence-corrected chi connectivity index (χ0v) is 16.0. The Bertz CT molecular complexity index is 1010. The molecule has 0 unspecified atom stereocenters. The molecule has 1 N–H and O–H groups in total. The van der Waals surface area contributed by atoms with Gasteiger partial charge in [0.25, 0.3) is 11.5 Å². The monoisotopic (exact) mass is 381 g/mol. The van der Waals surface area contributed by atoms with E-state index in [2.05, 4.69) is 17.3 Å². The van der Waals surface area contributed by atoms with Crippen LogP contribution in [0.25, 0.3) is 10.8 Å². The zero-order chi connectivity index (χ0) is 19.9. The average molecular weight is 381 g/mol. The van der Waals surface area contributed by atoms with Gasteiger partial charge in [0, 0.05) is 18.5 Å². The summed E-state index contributed by atoms with van der Waals surface area (Å²) in [6.45, 7) is 2.99. The van der Waals surface area contributed by atoms with Crippen LogP contribution in [0.1, 0.15) is 42.2 Å². The summed E-state index contributed by atoms with van der Waals surface area (Å²) in [4.78, 5) is 25.4. The van der Waals surface area contributed by atoms with Gasteiger partial charge in [-0.25, -0.2) is 9.07 Å². The summed E-state index contributed by atoms with van der Waals surface area (Å²) in [7, 11) is 0. The summed E-state index contributed by atoms with van der Waals surface area (Å²) in [5.41, 5.74) is 1.02. The normalized spacial score (nSPS) is 10.9. The van der Waals surface area contributed by atoms with Crippen molar-refractivity contribution in [2.45, 2.75) is 39.2 Å². The highest BCUT2D eigenvalue weighted by atomic mass is 19.1. The number of hydrogen-bond acceptors (Lipinski definition) is 3. The third-order valence-electron chi connectivity index (χ3n) is 4.67. The molecule has 1 heterocycles. The van der Waals surface area contributed by atoms with Crippen LogP contribution < -0.4 is 10.9 Å². The molecule has 0 aliphatic heterocycles. The number of aryl methyl sites for hydroxylation is 1. The van der Waals surface area contributed by atoms with E-state index >= 15 is 0 Å². The molecule has 0 radical (unpaired) electrons. The van der Waals surface area contributed by atoms with Gasteiger partial charge in [0.15, 0.2) is 5.69 Å². The molecule has 2 aromatic carbocycles. The van der Waals surface area contributed by atoms with Crippen molar-refractivity contribution in [2.24, 2.45) is 0 Å². The molecule has 1 aromatic heterocycles. The molecule has 0 aliphatic rings.